The predicted octanol–water partition coefficient (Wildman–Crippen LogP) is 4.99. The molecule has 0 aliphatic heterocycles. The van der Waals surface area contributed by atoms with Crippen LogP contribution in [-0.2, 0) is 30.6 Å². The Hall–Kier alpha value is -3.36. The highest BCUT2D eigenvalue weighted by molar-refractivity contribution is 7.80. The van der Waals surface area contributed by atoms with Crippen molar-refractivity contribution in [3.8, 4) is 11.5 Å². The lowest BCUT2D eigenvalue weighted by Crippen LogP contribution is -2.63. The van der Waals surface area contributed by atoms with Gasteiger partial charge in [0.15, 0.2) is 17.2 Å². The molecule has 2 aromatic carbocycles. The van der Waals surface area contributed by atoms with Gasteiger partial charge >= 0.3 is 10.4 Å². The molecule has 13 heteroatoms. The van der Waals surface area contributed by atoms with Crippen LogP contribution in [0.15, 0.2) is 23.5 Å². The number of phenols is 2. The summed E-state index contributed by atoms with van der Waals surface area (Å²) in [6.45, 7) is 6.66. The highest BCUT2D eigenvalue weighted by atomic mass is 32.3. The number of unbranched alkanes of at least 4 members (excludes halogenated alkanes) is 9. The van der Waals surface area contributed by atoms with Gasteiger partial charge in [0, 0.05) is 5.92 Å². The molecule has 0 radical (unpaired) electrons. The highest BCUT2D eigenvalue weighted by Gasteiger charge is 2.61. The standard InChI is InChI=1S/C22H21NO7.C12H26O4S/c1-7-4-5-10-8(2)11-6-12-16(23)19(27)13(9(3)24)20(28)22(12,30)21(29)15(11)18(26)14(10)17(7)25;1-2-3-4-5-6-7-8-9-10-11-12-16-17(13,14)15/h4-5,12,16,25-26,28,30H,6,23H2,1-3H3;2-12H2,1H3,(H,13,14,15)/t12-,16+,22-;/m0./s1. The van der Waals surface area contributed by atoms with Gasteiger partial charge in [0.1, 0.15) is 22.8 Å². The van der Waals surface area contributed by atoms with Gasteiger partial charge in [-0.25, -0.2) is 4.18 Å². The molecule has 12 nitrogen and oxygen atoms in total. The molecule has 0 saturated carbocycles. The van der Waals surface area contributed by atoms with Gasteiger partial charge in [-0.15, -0.1) is 0 Å². The van der Waals surface area contributed by atoms with Crippen LogP contribution in [0.2, 0.25) is 0 Å². The SMILES string of the molecule is CC(=O)C1=C(O)[C@]2(O)C(=O)c3c(c(C)c4ccc(C)c(O)c4c3O)C[C@H]2[C@@H](N)C1=O.CCCCCCCCCCCCOS(=O)(=O)O. The molecule has 0 unspecified atom stereocenters. The lowest BCUT2D eigenvalue weighted by molar-refractivity contribution is -0.127. The van der Waals surface area contributed by atoms with E-state index in [9.17, 15) is 43.2 Å². The van der Waals surface area contributed by atoms with Gasteiger partial charge in [0.2, 0.25) is 5.78 Å². The predicted molar refractivity (Wildman–Crippen MR) is 176 cm³/mol. The number of aliphatic hydroxyl groups is 2. The van der Waals surface area contributed by atoms with Gasteiger partial charge in [-0.05, 0) is 55.7 Å². The fourth-order valence-corrected chi connectivity index (χ4v) is 6.84. The first-order valence-corrected chi connectivity index (χ1v) is 17.5. The maximum absolute atomic E-state index is 13.5. The molecule has 2 aromatic rings. The molecular weight excluding hydrogens is 630 g/mol. The van der Waals surface area contributed by atoms with Crippen molar-refractivity contribution in [1.82, 2.24) is 0 Å². The number of rotatable bonds is 13. The number of benzene rings is 2. The van der Waals surface area contributed by atoms with Gasteiger partial charge < -0.3 is 26.2 Å². The Kier molecular flexibility index (Phi) is 12.7. The van der Waals surface area contributed by atoms with E-state index < -0.39 is 62.4 Å². The van der Waals surface area contributed by atoms with Crippen LogP contribution in [0.25, 0.3) is 10.8 Å². The summed E-state index contributed by atoms with van der Waals surface area (Å²) in [5, 5.41) is 43.9. The topological polar surface area (TPSA) is 222 Å². The van der Waals surface area contributed by atoms with Crippen LogP contribution in [0.1, 0.15) is 105 Å². The number of hydrogen-bond acceptors (Lipinski definition) is 11. The lowest BCUT2D eigenvalue weighted by Gasteiger charge is -2.45. The Morgan fingerprint density at radius 2 is 1.51 bits per heavy atom. The van der Waals surface area contributed by atoms with Gasteiger partial charge in [-0.2, -0.15) is 8.42 Å². The number of aliphatic hydroxyl groups excluding tert-OH is 1. The van der Waals surface area contributed by atoms with Crippen LogP contribution in [-0.4, -0.2) is 69.0 Å². The Morgan fingerprint density at radius 1 is 0.957 bits per heavy atom. The number of aryl methyl sites for hydroxylation is 2. The summed E-state index contributed by atoms with van der Waals surface area (Å²) in [5.41, 5.74) is 3.80. The van der Waals surface area contributed by atoms with Crippen molar-refractivity contribution in [2.75, 3.05) is 6.61 Å². The smallest absolute Gasteiger partial charge is 0.397 e. The van der Waals surface area contributed by atoms with E-state index in [1.165, 1.54) is 44.9 Å². The minimum absolute atomic E-state index is 0.0492. The second kappa shape index (κ2) is 15.7. The van der Waals surface area contributed by atoms with Crippen LogP contribution in [0, 0.1) is 19.8 Å². The van der Waals surface area contributed by atoms with Crippen molar-refractivity contribution in [1.29, 1.82) is 0 Å². The number of nitrogens with two attached hydrogens (primary N) is 1. The molecule has 4 rings (SSSR count). The number of ketones is 3. The Balaban J connectivity index is 0.000000303. The largest absolute Gasteiger partial charge is 0.508 e. The third-order valence-corrected chi connectivity index (χ3v) is 9.67. The molecule has 7 N–H and O–H groups in total. The van der Waals surface area contributed by atoms with Crippen LogP contribution < -0.4 is 5.73 Å². The fraction of sp³-hybridized carbons (Fsp3) is 0.559. The van der Waals surface area contributed by atoms with E-state index in [2.05, 4.69) is 11.1 Å². The molecule has 0 aromatic heterocycles. The summed E-state index contributed by atoms with van der Waals surface area (Å²) in [4.78, 5) is 37.9. The number of aromatic hydroxyl groups is 2. The third kappa shape index (κ3) is 8.03. The molecule has 47 heavy (non-hydrogen) atoms. The molecule has 2 aliphatic carbocycles. The van der Waals surface area contributed by atoms with Gasteiger partial charge in [-0.3, -0.25) is 18.9 Å². The number of carbonyl (C=O) groups is 3. The zero-order chi connectivity index (χ0) is 35.3. The normalized spacial score (nSPS) is 20.9. The molecule has 2 aliphatic rings. The number of fused-ring (bicyclic) bond motifs is 3. The molecule has 0 fully saturated rings. The average molecular weight is 678 g/mol. The van der Waals surface area contributed by atoms with Crippen molar-refractivity contribution in [2.24, 2.45) is 11.7 Å². The first kappa shape index (κ1) is 38.1. The van der Waals surface area contributed by atoms with Gasteiger partial charge in [0.05, 0.1) is 23.6 Å². The van der Waals surface area contributed by atoms with E-state index in [1.54, 1.807) is 26.0 Å². The van der Waals surface area contributed by atoms with Crippen molar-refractivity contribution in [2.45, 2.75) is 110 Å². The summed E-state index contributed by atoms with van der Waals surface area (Å²) >= 11 is 0. The second-order valence-electron chi connectivity index (χ2n) is 12.5. The zero-order valence-corrected chi connectivity index (χ0v) is 28.3. The van der Waals surface area contributed by atoms with Crippen LogP contribution >= 0.6 is 0 Å². The van der Waals surface area contributed by atoms with E-state index >= 15 is 0 Å². The van der Waals surface area contributed by atoms with E-state index in [1.807, 2.05) is 0 Å². The molecule has 0 spiro atoms. The summed E-state index contributed by atoms with van der Waals surface area (Å²) in [7, 11) is -4.23. The zero-order valence-electron chi connectivity index (χ0n) is 27.5. The average Bonchev–Trinajstić information content (AvgIpc) is 2.99. The second-order valence-corrected chi connectivity index (χ2v) is 13.6. The Bertz CT molecular complexity index is 1660. The van der Waals surface area contributed by atoms with Gasteiger partial charge in [0.25, 0.3) is 0 Å². The van der Waals surface area contributed by atoms with E-state index in [-0.39, 0.29) is 29.7 Å². The monoisotopic (exact) mass is 677 g/mol. The highest BCUT2D eigenvalue weighted by Crippen LogP contribution is 2.50. The lowest BCUT2D eigenvalue weighted by atomic mass is 9.61. The first-order chi connectivity index (χ1) is 22.0. The minimum Gasteiger partial charge on any atom is -0.508 e. The molecule has 0 saturated heterocycles. The molecule has 0 amide bonds. The van der Waals surface area contributed by atoms with E-state index in [4.69, 9.17) is 10.3 Å². The van der Waals surface area contributed by atoms with Crippen LogP contribution in [0.4, 0.5) is 0 Å². The summed E-state index contributed by atoms with van der Waals surface area (Å²) in [6, 6.07) is 1.97. The van der Waals surface area contributed by atoms with Crippen molar-refractivity contribution >= 4 is 38.5 Å². The molecule has 0 bridgehead atoms. The Morgan fingerprint density at radius 3 is 2.04 bits per heavy atom. The fourth-order valence-electron chi connectivity index (χ4n) is 6.51. The molecule has 0 heterocycles. The number of carbonyl (C=O) groups excluding carboxylic acids is 3. The number of Topliss-reactive ketones (excluding diaryl/α,β-unsaturated/α-hetero) is 3. The summed E-state index contributed by atoms with van der Waals surface area (Å²) in [6.07, 6.45) is 11.8. The van der Waals surface area contributed by atoms with Crippen molar-refractivity contribution in [3.05, 3.63) is 45.7 Å². The van der Waals surface area contributed by atoms with Crippen LogP contribution in [0.3, 0.4) is 0 Å². The maximum Gasteiger partial charge on any atom is 0.397 e. The van der Waals surface area contributed by atoms with E-state index in [0.29, 0.717) is 28.5 Å². The quantitative estimate of drug-likeness (QED) is 0.0937. The van der Waals surface area contributed by atoms with Crippen molar-refractivity contribution < 1.29 is 52.0 Å². The third-order valence-electron chi connectivity index (χ3n) is 9.21. The number of hydrogen-bond donors (Lipinski definition) is 6. The van der Waals surface area contributed by atoms with E-state index in [0.717, 1.165) is 19.8 Å². The maximum atomic E-state index is 13.5. The summed E-state index contributed by atoms with van der Waals surface area (Å²) < 4.78 is 33.0. The van der Waals surface area contributed by atoms with Crippen LogP contribution in [0.5, 0.6) is 11.5 Å². The molecule has 3 atom stereocenters. The minimum atomic E-state index is -4.23. The van der Waals surface area contributed by atoms with Gasteiger partial charge in [-0.1, -0.05) is 76.8 Å². The number of phenolic OH excluding ortho intramolecular Hbond substituents is 2. The van der Waals surface area contributed by atoms with Crippen molar-refractivity contribution in [3.63, 3.8) is 0 Å². The molecule has 260 valence electrons. The molecular formula is C34H47NO11S. The Labute approximate surface area is 275 Å². The first-order valence-electron chi connectivity index (χ1n) is 16.1. The summed E-state index contributed by atoms with van der Waals surface area (Å²) in [5.74, 6) is -5.76.